The van der Waals surface area contributed by atoms with Gasteiger partial charge in [-0.3, -0.25) is 9.36 Å². The summed E-state index contributed by atoms with van der Waals surface area (Å²) in [5, 5.41) is 12.1. The number of aryl methyl sites for hydroxylation is 1. The number of carbonyl (C=O) groups excluding carboxylic acids is 1. The van der Waals surface area contributed by atoms with Gasteiger partial charge in [-0.2, -0.15) is 0 Å². The van der Waals surface area contributed by atoms with Crippen molar-refractivity contribution in [3.63, 3.8) is 0 Å². The quantitative estimate of drug-likeness (QED) is 0.593. The molecule has 0 aromatic carbocycles. The Labute approximate surface area is 140 Å². The molecule has 2 aromatic heterocycles. The molecule has 0 saturated carbocycles. The molecule has 1 N–H and O–H groups in total. The monoisotopic (exact) mass is 334 g/mol. The fourth-order valence-electron chi connectivity index (χ4n) is 2.05. The maximum Gasteiger partial charge on any atom is 0.230 e. The van der Waals surface area contributed by atoms with E-state index in [4.69, 9.17) is 4.42 Å². The summed E-state index contributed by atoms with van der Waals surface area (Å²) in [5.41, 5.74) is 0.898. The number of amides is 1. The maximum atomic E-state index is 11.9. The van der Waals surface area contributed by atoms with Crippen molar-refractivity contribution in [3.8, 4) is 11.4 Å². The zero-order valence-corrected chi connectivity index (χ0v) is 14.5. The molecule has 0 aliphatic carbocycles. The van der Waals surface area contributed by atoms with Crippen LogP contribution in [0.3, 0.4) is 0 Å². The number of thioether (sulfide) groups is 1. The zero-order chi connectivity index (χ0) is 16.8. The van der Waals surface area contributed by atoms with Crippen molar-refractivity contribution < 1.29 is 9.21 Å². The van der Waals surface area contributed by atoms with E-state index in [0.29, 0.717) is 17.5 Å². The maximum absolute atomic E-state index is 11.9. The van der Waals surface area contributed by atoms with Gasteiger partial charge in [0.05, 0.1) is 17.6 Å². The van der Waals surface area contributed by atoms with Crippen molar-refractivity contribution in [2.45, 2.75) is 44.9 Å². The van der Waals surface area contributed by atoms with Crippen molar-refractivity contribution in [1.82, 2.24) is 20.1 Å². The molecular formula is C16H22N4O2S. The lowest BCUT2D eigenvalue weighted by Crippen LogP contribution is -2.33. The predicted molar refractivity (Wildman–Crippen MR) is 91.3 cm³/mol. The molecule has 124 valence electrons. The van der Waals surface area contributed by atoms with Gasteiger partial charge in [0.2, 0.25) is 5.91 Å². The second-order valence-electron chi connectivity index (χ2n) is 5.26. The van der Waals surface area contributed by atoms with Gasteiger partial charge in [0.25, 0.3) is 0 Å². The molecule has 0 saturated heterocycles. The SMILES string of the molecule is C=CCn1c(SCC(=O)NC(C)CC)nnc1-c1ccoc1C. The molecule has 1 atom stereocenters. The first-order chi connectivity index (χ1) is 11.1. The molecule has 0 radical (unpaired) electrons. The Morgan fingerprint density at radius 2 is 2.35 bits per heavy atom. The minimum atomic E-state index is -0.00135. The predicted octanol–water partition coefficient (Wildman–Crippen LogP) is 3.04. The number of nitrogens with zero attached hydrogens (tertiary/aromatic N) is 3. The van der Waals surface area contributed by atoms with Crippen LogP contribution in [0.25, 0.3) is 11.4 Å². The van der Waals surface area contributed by atoms with E-state index >= 15 is 0 Å². The molecule has 1 amide bonds. The Morgan fingerprint density at radius 1 is 1.57 bits per heavy atom. The van der Waals surface area contributed by atoms with Crippen LogP contribution < -0.4 is 5.32 Å². The fourth-order valence-corrected chi connectivity index (χ4v) is 2.81. The van der Waals surface area contributed by atoms with Gasteiger partial charge in [-0.05, 0) is 26.3 Å². The van der Waals surface area contributed by atoms with E-state index in [9.17, 15) is 4.79 Å². The topological polar surface area (TPSA) is 73.0 Å². The van der Waals surface area contributed by atoms with Crippen LogP contribution in [-0.2, 0) is 11.3 Å². The number of nitrogens with one attached hydrogen (secondary N) is 1. The molecule has 23 heavy (non-hydrogen) atoms. The van der Waals surface area contributed by atoms with Gasteiger partial charge in [-0.25, -0.2) is 0 Å². The van der Waals surface area contributed by atoms with Gasteiger partial charge >= 0.3 is 0 Å². The highest BCUT2D eigenvalue weighted by Gasteiger charge is 2.17. The Morgan fingerprint density at radius 3 is 2.96 bits per heavy atom. The molecule has 0 aliphatic rings. The Hall–Kier alpha value is -2.02. The molecule has 1 unspecified atom stereocenters. The zero-order valence-electron chi connectivity index (χ0n) is 13.7. The molecule has 0 spiro atoms. The van der Waals surface area contributed by atoms with Crippen LogP contribution in [0.1, 0.15) is 26.0 Å². The number of hydrogen-bond donors (Lipinski definition) is 1. The minimum Gasteiger partial charge on any atom is -0.469 e. The van der Waals surface area contributed by atoms with Gasteiger partial charge in [-0.1, -0.05) is 24.8 Å². The van der Waals surface area contributed by atoms with Crippen LogP contribution in [0.4, 0.5) is 0 Å². The molecule has 7 heteroatoms. The van der Waals surface area contributed by atoms with E-state index in [-0.39, 0.29) is 11.9 Å². The lowest BCUT2D eigenvalue weighted by atomic mass is 10.2. The Bertz CT molecular complexity index is 677. The smallest absolute Gasteiger partial charge is 0.230 e. The summed E-state index contributed by atoms with van der Waals surface area (Å²) < 4.78 is 7.27. The van der Waals surface area contributed by atoms with Crippen LogP contribution in [0.2, 0.25) is 0 Å². The van der Waals surface area contributed by atoms with Crippen molar-refractivity contribution in [1.29, 1.82) is 0 Å². The van der Waals surface area contributed by atoms with E-state index in [1.54, 1.807) is 12.3 Å². The van der Waals surface area contributed by atoms with Crippen molar-refractivity contribution in [3.05, 3.63) is 30.7 Å². The summed E-state index contributed by atoms with van der Waals surface area (Å²) in [4.78, 5) is 11.9. The van der Waals surface area contributed by atoms with Crippen molar-refractivity contribution in [2.24, 2.45) is 0 Å². The average Bonchev–Trinajstić information content (AvgIpc) is 3.11. The lowest BCUT2D eigenvalue weighted by molar-refractivity contribution is -0.119. The van der Waals surface area contributed by atoms with Crippen LogP contribution in [0.5, 0.6) is 0 Å². The highest BCUT2D eigenvalue weighted by atomic mass is 32.2. The highest BCUT2D eigenvalue weighted by molar-refractivity contribution is 7.99. The Kier molecular flexibility index (Phi) is 6.04. The molecule has 2 heterocycles. The summed E-state index contributed by atoms with van der Waals surface area (Å²) in [6.07, 6.45) is 4.32. The second kappa shape index (κ2) is 8.01. The van der Waals surface area contributed by atoms with Gasteiger partial charge in [0, 0.05) is 12.6 Å². The molecule has 0 fully saturated rings. The summed E-state index contributed by atoms with van der Waals surface area (Å²) >= 11 is 1.37. The van der Waals surface area contributed by atoms with Gasteiger partial charge in [0.1, 0.15) is 5.76 Å². The number of rotatable bonds is 8. The van der Waals surface area contributed by atoms with Crippen LogP contribution in [0, 0.1) is 6.92 Å². The minimum absolute atomic E-state index is 0.00135. The van der Waals surface area contributed by atoms with Crippen LogP contribution >= 0.6 is 11.8 Å². The lowest BCUT2D eigenvalue weighted by Gasteiger charge is -2.11. The second-order valence-corrected chi connectivity index (χ2v) is 6.20. The number of furan rings is 1. The number of carbonyl (C=O) groups is 1. The summed E-state index contributed by atoms with van der Waals surface area (Å²) in [7, 11) is 0. The molecule has 2 rings (SSSR count). The third-order valence-corrected chi connectivity index (χ3v) is 4.45. The first-order valence-corrected chi connectivity index (χ1v) is 8.56. The first-order valence-electron chi connectivity index (χ1n) is 7.57. The summed E-state index contributed by atoms with van der Waals surface area (Å²) in [6.45, 7) is 10.3. The largest absolute Gasteiger partial charge is 0.469 e. The van der Waals surface area contributed by atoms with E-state index in [2.05, 4.69) is 22.1 Å². The van der Waals surface area contributed by atoms with E-state index < -0.39 is 0 Å². The molecular weight excluding hydrogens is 312 g/mol. The average molecular weight is 334 g/mol. The summed E-state index contributed by atoms with van der Waals surface area (Å²) in [6, 6.07) is 2.04. The third-order valence-electron chi connectivity index (χ3n) is 3.48. The molecule has 0 aliphatic heterocycles. The van der Waals surface area contributed by atoms with Crippen molar-refractivity contribution in [2.75, 3.05) is 5.75 Å². The number of hydrogen-bond acceptors (Lipinski definition) is 5. The highest BCUT2D eigenvalue weighted by Crippen LogP contribution is 2.26. The van der Waals surface area contributed by atoms with Crippen molar-refractivity contribution >= 4 is 17.7 Å². The van der Waals surface area contributed by atoms with Gasteiger partial charge in [-0.15, -0.1) is 16.8 Å². The van der Waals surface area contributed by atoms with Crippen LogP contribution in [-0.4, -0.2) is 32.5 Å². The van der Waals surface area contributed by atoms with Gasteiger partial charge < -0.3 is 9.73 Å². The van der Waals surface area contributed by atoms with E-state index in [0.717, 1.165) is 23.6 Å². The molecule has 2 aromatic rings. The number of aromatic nitrogens is 3. The fraction of sp³-hybridized carbons (Fsp3) is 0.438. The molecule has 6 nitrogen and oxygen atoms in total. The number of allylic oxidation sites excluding steroid dienone is 1. The van der Waals surface area contributed by atoms with Gasteiger partial charge in [0.15, 0.2) is 11.0 Å². The summed E-state index contributed by atoms with van der Waals surface area (Å²) in [5.74, 6) is 1.82. The third kappa shape index (κ3) is 4.25. The normalized spacial score (nSPS) is 12.1. The van der Waals surface area contributed by atoms with E-state index in [1.807, 2.05) is 31.4 Å². The van der Waals surface area contributed by atoms with E-state index in [1.165, 1.54) is 11.8 Å². The standard InChI is InChI=1S/C16H22N4O2S/c1-5-8-20-15(13-7-9-22-12(13)4)18-19-16(20)23-10-14(21)17-11(3)6-2/h5,7,9,11H,1,6,8,10H2,2-4H3,(H,17,21). The van der Waals surface area contributed by atoms with Crippen LogP contribution in [0.15, 0.2) is 34.6 Å². The molecule has 0 bridgehead atoms. The first kappa shape index (κ1) is 17.3. The Balaban J connectivity index is 2.13.